The van der Waals surface area contributed by atoms with Gasteiger partial charge < -0.3 is 15.4 Å². The van der Waals surface area contributed by atoms with Crippen LogP contribution in [0.3, 0.4) is 0 Å². The highest BCUT2D eigenvalue weighted by Gasteiger charge is 2.30. The summed E-state index contributed by atoms with van der Waals surface area (Å²) in [5.74, 6) is -0.00437. The Kier molecular flexibility index (Phi) is 4.76. The summed E-state index contributed by atoms with van der Waals surface area (Å²) in [6.07, 6.45) is 1.53. The second-order valence-electron chi connectivity index (χ2n) is 6.50. The van der Waals surface area contributed by atoms with Crippen LogP contribution in [0.25, 0.3) is 11.3 Å². The van der Waals surface area contributed by atoms with Gasteiger partial charge in [-0.25, -0.2) is 0 Å². The number of ether oxygens (including phenoxy) is 1. The molecule has 1 aliphatic heterocycles. The summed E-state index contributed by atoms with van der Waals surface area (Å²) >= 11 is 0. The molecule has 140 valence electrons. The topological polar surface area (TPSA) is 80.3 Å². The van der Waals surface area contributed by atoms with Crippen LogP contribution in [0.5, 0.6) is 5.75 Å². The van der Waals surface area contributed by atoms with Gasteiger partial charge in [-0.15, -0.1) is 0 Å². The zero-order valence-electron chi connectivity index (χ0n) is 15.3. The van der Waals surface area contributed by atoms with Crippen molar-refractivity contribution in [1.29, 1.82) is 0 Å². The summed E-state index contributed by atoms with van der Waals surface area (Å²) in [5, 5.41) is 5.66. The summed E-state index contributed by atoms with van der Waals surface area (Å²) in [4.78, 5) is 29.0. The van der Waals surface area contributed by atoms with E-state index in [1.807, 2.05) is 48.5 Å². The van der Waals surface area contributed by atoms with E-state index in [0.717, 1.165) is 28.3 Å². The predicted molar refractivity (Wildman–Crippen MR) is 106 cm³/mol. The molecule has 0 bridgehead atoms. The average molecular weight is 373 g/mol. The summed E-state index contributed by atoms with van der Waals surface area (Å²) in [7, 11) is 1.61. The van der Waals surface area contributed by atoms with Gasteiger partial charge in [0, 0.05) is 24.0 Å². The van der Waals surface area contributed by atoms with Gasteiger partial charge in [0.2, 0.25) is 5.91 Å². The number of pyridine rings is 1. The molecule has 6 nitrogen and oxygen atoms in total. The number of nitrogens with zero attached hydrogens (tertiary/aromatic N) is 1. The van der Waals surface area contributed by atoms with Crippen molar-refractivity contribution in [2.45, 2.75) is 5.92 Å². The Labute approximate surface area is 162 Å². The highest BCUT2D eigenvalue weighted by atomic mass is 16.5. The fraction of sp³-hybridized carbons (Fsp3) is 0.136. The molecular weight excluding hydrogens is 354 g/mol. The first-order valence-electron chi connectivity index (χ1n) is 8.94. The number of anilines is 1. The van der Waals surface area contributed by atoms with Crippen LogP contribution in [0.2, 0.25) is 0 Å². The molecule has 1 aromatic heterocycles. The van der Waals surface area contributed by atoms with Crippen molar-refractivity contribution < 1.29 is 14.3 Å². The molecule has 4 rings (SSSR count). The Morgan fingerprint density at radius 2 is 2.00 bits per heavy atom. The molecule has 2 aromatic carbocycles. The number of aromatic nitrogens is 1. The van der Waals surface area contributed by atoms with Crippen LogP contribution >= 0.6 is 0 Å². The Morgan fingerprint density at radius 1 is 1.14 bits per heavy atom. The van der Waals surface area contributed by atoms with Crippen molar-refractivity contribution in [2.75, 3.05) is 19.0 Å². The molecule has 6 heteroatoms. The summed E-state index contributed by atoms with van der Waals surface area (Å²) in [6.45, 7) is 0.235. The molecule has 0 saturated carbocycles. The number of carbonyl (C=O) groups excluding carboxylic acids is 2. The van der Waals surface area contributed by atoms with Crippen LogP contribution in [0, 0.1) is 0 Å². The van der Waals surface area contributed by atoms with E-state index in [-0.39, 0.29) is 24.3 Å². The van der Waals surface area contributed by atoms with Gasteiger partial charge >= 0.3 is 0 Å². The van der Waals surface area contributed by atoms with E-state index < -0.39 is 0 Å². The molecule has 0 spiro atoms. The minimum absolute atomic E-state index is 0.104. The normalized spacial score (nSPS) is 14.9. The molecule has 0 fully saturated rings. The van der Waals surface area contributed by atoms with Gasteiger partial charge in [0.05, 0.1) is 24.3 Å². The number of para-hydroxylation sites is 1. The molecule has 2 N–H and O–H groups in total. The number of nitrogens with one attached hydrogen (secondary N) is 2. The van der Waals surface area contributed by atoms with Crippen molar-refractivity contribution in [3.8, 4) is 17.0 Å². The zero-order valence-corrected chi connectivity index (χ0v) is 15.3. The maximum absolute atomic E-state index is 12.5. The highest BCUT2D eigenvalue weighted by molar-refractivity contribution is 6.03. The number of hydrogen-bond acceptors (Lipinski definition) is 4. The van der Waals surface area contributed by atoms with E-state index in [0.29, 0.717) is 5.56 Å². The van der Waals surface area contributed by atoms with Crippen LogP contribution in [0.15, 0.2) is 66.9 Å². The lowest BCUT2D eigenvalue weighted by Gasteiger charge is -2.11. The third-order valence-electron chi connectivity index (χ3n) is 4.77. The summed E-state index contributed by atoms with van der Waals surface area (Å²) in [6, 6.07) is 18.6. The molecule has 1 aliphatic rings. The van der Waals surface area contributed by atoms with Gasteiger partial charge in [0.1, 0.15) is 5.75 Å². The van der Waals surface area contributed by atoms with E-state index >= 15 is 0 Å². The Morgan fingerprint density at radius 3 is 2.79 bits per heavy atom. The van der Waals surface area contributed by atoms with Gasteiger partial charge in [-0.1, -0.05) is 30.3 Å². The van der Waals surface area contributed by atoms with E-state index in [1.54, 1.807) is 19.2 Å². The quantitative estimate of drug-likeness (QED) is 0.720. The number of fused-ring (bicyclic) bond motifs is 1. The van der Waals surface area contributed by atoms with Gasteiger partial charge in [0.25, 0.3) is 5.91 Å². The molecule has 2 heterocycles. The van der Waals surface area contributed by atoms with Crippen LogP contribution in [-0.2, 0) is 4.79 Å². The summed E-state index contributed by atoms with van der Waals surface area (Å²) in [5.41, 5.74) is 3.80. The van der Waals surface area contributed by atoms with E-state index in [1.165, 1.54) is 6.20 Å². The highest BCUT2D eigenvalue weighted by Crippen LogP contribution is 2.31. The first kappa shape index (κ1) is 17.7. The minimum atomic E-state index is -0.385. The number of amides is 2. The lowest BCUT2D eigenvalue weighted by Crippen LogP contribution is -2.31. The van der Waals surface area contributed by atoms with E-state index in [9.17, 15) is 9.59 Å². The summed E-state index contributed by atoms with van der Waals surface area (Å²) < 4.78 is 5.23. The maximum atomic E-state index is 12.5. The second-order valence-corrected chi connectivity index (χ2v) is 6.50. The fourth-order valence-corrected chi connectivity index (χ4v) is 3.26. The Balaban J connectivity index is 1.44. The van der Waals surface area contributed by atoms with E-state index in [4.69, 9.17) is 4.74 Å². The van der Waals surface area contributed by atoms with Crippen molar-refractivity contribution in [1.82, 2.24) is 10.3 Å². The first-order valence-corrected chi connectivity index (χ1v) is 8.94. The molecule has 28 heavy (non-hydrogen) atoms. The lowest BCUT2D eigenvalue weighted by molar-refractivity contribution is -0.116. The van der Waals surface area contributed by atoms with Crippen LogP contribution in [0.4, 0.5) is 5.69 Å². The maximum Gasteiger partial charge on any atom is 0.252 e. The Hall–Kier alpha value is -3.67. The first-order chi connectivity index (χ1) is 13.7. The Bertz CT molecular complexity index is 1030. The van der Waals surface area contributed by atoms with Crippen molar-refractivity contribution in [3.05, 3.63) is 78.0 Å². The van der Waals surface area contributed by atoms with E-state index in [2.05, 4.69) is 15.6 Å². The van der Waals surface area contributed by atoms with Gasteiger partial charge in [0.15, 0.2) is 0 Å². The molecule has 1 atom stereocenters. The molecule has 0 aliphatic carbocycles. The second kappa shape index (κ2) is 7.52. The van der Waals surface area contributed by atoms with Gasteiger partial charge in [-0.05, 0) is 35.9 Å². The van der Waals surface area contributed by atoms with Crippen molar-refractivity contribution in [2.24, 2.45) is 0 Å². The molecule has 0 radical (unpaired) electrons. The van der Waals surface area contributed by atoms with Crippen LogP contribution < -0.4 is 15.4 Å². The van der Waals surface area contributed by atoms with Crippen molar-refractivity contribution in [3.63, 3.8) is 0 Å². The third kappa shape index (κ3) is 3.44. The molecular formula is C22H19N3O3. The minimum Gasteiger partial charge on any atom is -0.497 e. The number of hydrogen-bond donors (Lipinski definition) is 2. The fourth-order valence-electron chi connectivity index (χ4n) is 3.26. The number of rotatable bonds is 5. The average Bonchev–Trinajstić information content (AvgIpc) is 3.07. The molecule has 2 amide bonds. The van der Waals surface area contributed by atoms with Crippen LogP contribution in [-0.4, -0.2) is 30.5 Å². The zero-order chi connectivity index (χ0) is 19.5. The third-order valence-corrected chi connectivity index (χ3v) is 4.77. The number of benzene rings is 2. The van der Waals surface area contributed by atoms with Crippen LogP contribution in [0.1, 0.15) is 21.8 Å². The SMILES string of the molecule is COc1cccc(-c2ccc(C(=O)NCC3C(=O)Nc4ccccc43)cn2)c1. The lowest BCUT2D eigenvalue weighted by atomic mass is 10.0. The largest absolute Gasteiger partial charge is 0.497 e. The molecule has 0 saturated heterocycles. The molecule has 3 aromatic rings. The predicted octanol–water partition coefficient (Wildman–Crippen LogP) is 3.22. The van der Waals surface area contributed by atoms with Gasteiger partial charge in [-0.2, -0.15) is 0 Å². The monoisotopic (exact) mass is 373 g/mol. The molecule has 1 unspecified atom stereocenters. The standard InChI is InChI=1S/C22H19N3O3/c1-28-16-6-4-5-14(11-16)19-10-9-15(12-23-19)21(26)24-13-18-17-7-2-3-8-20(17)25-22(18)27/h2-12,18H,13H2,1H3,(H,24,26)(H,25,27). The van der Waals surface area contributed by atoms with Gasteiger partial charge in [-0.3, -0.25) is 14.6 Å². The smallest absolute Gasteiger partial charge is 0.252 e. The number of methoxy groups -OCH3 is 1. The van der Waals surface area contributed by atoms with Crippen molar-refractivity contribution >= 4 is 17.5 Å². The number of carbonyl (C=O) groups is 2.